The SMILES string of the molecule is CSc1nc(NC(=O)c2cc(NC(=O)CCN(C)c3nc(NC(=O)c4cc(NC(C)=O)ccc4Cl)nc(-c4ccccn4)n3)ccc2Cl)nc(-c2ccccn2)n1. The number of carbonyl (C=O) groups is 4. The Kier molecular flexibility index (Phi) is 12.9. The van der Waals surface area contributed by atoms with E-state index in [1.165, 1.54) is 43.0 Å². The maximum Gasteiger partial charge on any atom is 0.259 e. The zero-order valence-electron chi connectivity index (χ0n) is 30.3. The summed E-state index contributed by atoms with van der Waals surface area (Å²) in [7, 11) is 1.66. The second kappa shape index (κ2) is 18.3. The molecular weight excluding hydrogens is 793 g/mol. The van der Waals surface area contributed by atoms with Crippen LogP contribution >= 0.6 is 35.0 Å². The largest absolute Gasteiger partial charge is 0.343 e. The number of hydrogen-bond donors (Lipinski definition) is 4. The van der Waals surface area contributed by atoms with Gasteiger partial charge in [-0.25, -0.2) is 4.98 Å². The van der Waals surface area contributed by atoms with Crippen molar-refractivity contribution in [2.45, 2.75) is 18.5 Å². The molecule has 0 spiro atoms. The molecule has 0 unspecified atom stereocenters. The number of halogens is 2. The summed E-state index contributed by atoms with van der Waals surface area (Å²) < 4.78 is 0. The average molecular weight is 825 g/mol. The molecule has 0 aliphatic heterocycles. The van der Waals surface area contributed by atoms with Crippen LogP contribution in [0.25, 0.3) is 23.0 Å². The van der Waals surface area contributed by atoms with Crippen molar-refractivity contribution < 1.29 is 19.2 Å². The van der Waals surface area contributed by atoms with Gasteiger partial charge < -0.3 is 15.5 Å². The predicted octanol–water partition coefficient (Wildman–Crippen LogP) is 6.14. The van der Waals surface area contributed by atoms with Gasteiger partial charge in [0.2, 0.25) is 29.7 Å². The van der Waals surface area contributed by atoms with E-state index in [1.807, 2.05) is 0 Å². The van der Waals surface area contributed by atoms with E-state index in [1.54, 1.807) is 79.1 Å². The molecule has 0 saturated heterocycles. The van der Waals surface area contributed by atoms with Gasteiger partial charge in [-0.3, -0.25) is 39.8 Å². The van der Waals surface area contributed by atoms with Gasteiger partial charge in [-0.2, -0.15) is 24.9 Å². The van der Waals surface area contributed by atoms with Crippen LogP contribution in [0.2, 0.25) is 10.0 Å². The second-order valence-corrected chi connectivity index (χ2v) is 13.5. The molecule has 4 heterocycles. The molecule has 0 fully saturated rings. The minimum atomic E-state index is -0.637. The second-order valence-electron chi connectivity index (χ2n) is 11.9. The number of rotatable bonds is 13. The first-order chi connectivity index (χ1) is 27.4. The third-order valence-electron chi connectivity index (χ3n) is 7.70. The Bertz CT molecular complexity index is 2460. The van der Waals surface area contributed by atoms with Gasteiger partial charge in [0.25, 0.3) is 11.8 Å². The predicted molar refractivity (Wildman–Crippen MR) is 218 cm³/mol. The fraction of sp³-hybridized carbons (Fsp3) is 0.135. The van der Waals surface area contributed by atoms with Crippen LogP contribution < -0.4 is 26.2 Å². The summed E-state index contributed by atoms with van der Waals surface area (Å²) in [5.41, 5.74) is 1.74. The highest BCUT2D eigenvalue weighted by Gasteiger charge is 2.20. The molecular formula is C37H31Cl2N13O4S. The van der Waals surface area contributed by atoms with Gasteiger partial charge in [-0.05, 0) is 66.9 Å². The number of hydrogen-bond acceptors (Lipinski definition) is 14. The quantitative estimate of drug-likeness (QED) is 0.0962. The van der Waals surface area contributed by atoms with Gasteiger partial charge >= 0.3 is 0 Å². The third kappa shape index (κ3) is 10.6. The zero-order chi connectivity index (χ0) is 40.5. The number of nitrogens with one attached hydrogen (secondary N) is 4. The molecule has 17 nitrogen and oxygen atoms in total. The van der Waals surface area contributed by atoms with E-state index in [-0.39, 0.29) is 75.4 Å². The molecule has 6 rings (SSSR count). The van der Waals surface area contributed by atoms with E-state index >= 15 is 0 Å². The van der Waals surface area contributed by atoms with Crippen molar-refractivity contribution in [2.75, 3.05) is 46.0 Å². The van der Waals surface area contributed by atoms with E-state index in [0.29, 0.717) is 27.9 Å². The summed E-state index contributed by atoms with van der Waals surface area (Å²) in [4.78, 5) is 88.0. The lowest BCUT2D eigenvalue weighted by Crippen LogP contribution is -2.26. The minimum absolute atomic E-state index is 0.000712. The van der Waals surface area contributed by atoms with Crippen LogP contribution in [0.3, 0.4) is 0 Å². The minimum Gasteiger partial charge on any atom is -0.343 e. The van der Waals surface area contributed by atoms with Gasteiger partial charge in [-0.15, -0.1) is 0 Å². The van der Waals surface area contributed by atoms with Crippen LogP contribution in [-0.2, 0) is 9.59 Å². The number of pyridine rings is 2. The first-order valence-corrected chi connectivity index (χ1v) is 18.8. The van der Waals surface area contributed by atoms with Crippen molar-refractivity contribution in [3.63, 3.8) is 0 Å². The molecule has 0 atom stereocenters. The lowest BCUT2D eigenvalue weighted by atomic mass is 10.2. The average Bonchev–Trinajstić information content (AvgIpc) is 3.21. The topological polar surface area (TPSA) is 223 Å². The van der Waals surface area contributed by atoms with Crippen LogP contribution in [-0.4, -0.2) is 83.3 Å². The smallest absolute Gasteiger partial charge is 0.259 e. The summed E-state index contributed by atoms with van der Waals surface area (Å²) >= 11 is 14.0. The Hall–Kier alpha value is -6.63. The van der Waals surface area contributed by atoms with Gasteiger partial charge in [0, 0.05) is 50.7 Å². The fourth-order valence-electron chi connectivity index (χ4n) is 5.00. The van der Waals surface area contributed by atoms with Gasteiger partial charge in [0.05, 0.1) is 21.2 Å². The Labute approximate surface area is 339 Å². The monoisotopic (exact) mass is 823 g/mol. The third-order valence-corrected chi connectivity index (χ3v) is 8.91. The first kappa shape index (κ1) is 40.0. The summed E-state index contributed by atoms with van der Waals surface area (Å²) in [6.45, 7) is 1.47. The zero-order valence-corrected chi connectivity index (χ0v) is 32.6. The van der Waals surface area contributed by atoms with Crippen LogP contribution in [0.4, 0.5) is 29.2 Å². The first-order valence-electron chi connectivity index (χ1n) is 16.8. The normalized spacial score (nSPS) is 10.7. The van der Waals surface area contributed by atoms with Gasteiger partial charge in [-0.1, -0.05) is 47.1 Å². The summed E-state index contributed by atoms with van der Waals surface area (Å²) in [5, 5.41) is 11.3. The van der Waals surface area contributed by atoms with Crippen molar-refractivity contribution >= 4 is 87.8 Å². The number of anilines is 5. The fourth-order valence-corrected chi connectivity index (χ4v) is 5.76. The summed E-state index contributed by atoms with van der Waals surface area (Å²) in [6.07, 6.45) is 4.94. The van der Waals surface area contributed by atoms with E-state index < -0.39 is 11.8 Å². The van der Waals surface area contributed by atoms with Crippen LogP contribution in [0.1, 0.15) is 34.1 Å². The van der Waals surface area contributed by atoms with Gasteiger partial charge in [0.15, 0.2) is 16.8 Å². The highest BCUT2D eigenvalue weighted by Crippen LogP contribution is 2.25. The maximum atomic E-state index is 13.4. The Balaban J connectivity index is 1.14. The number of amides is 4. The van der Waals surface area contributed by atoms with Crippen LogP contribution in [0.5, 0.6) is 0 Å². The Morgan fingerprint density at radius 1 is 0.667 bits per heavy atom. The molecule has 4 aromatic heterocycles. The van der Waals surface area contributed by atoms with E-state index in [0.717, 1.165) is 0 Å². The van der Waals surface area contributed by atoms with Crippen LogP contribution in [0.15, 0.2) is 90.3 Å². The molecule has 57 heavy (non-hydrogen) atoms. The lowest BCUT2D eigenvalue weighted by Gasteiger charge is -2.18. The molecule has 20 heteroatoms. The number of carbonyl (C=O) groups excluding carboxylic acids is 4. The number of thioether (sulfide) groups is 1. The molecule has 0 saturated carbocycles. The number of benzene rings is 2. The molecule has 0 bridgehead atoms. The van der Waals surface area contributed by atoms with Crippen molar-refractivity contribution in [3.05, 3.63) is 106 Å². The van der Waals surface area contributed by atoms with E-state index in [4.69, 9.17) is 23.2 Å². The van der Waals surface area contributed by atoms with E-state index in [9.17, 15) is 19.2 Å². The summed E-state index contributed by atoms with van der Waals surface area (Å²) in [5.74, 6) is -1.49. The highest BCUT2D eigenvalue weighted by molar-refractivity contribution is 7.98. The molecule has 4 amide bonds. The number of aromatic nitrogens is 8. The van der Waals surface area contributed by atoms with E-state index in [2.05, 4.69) is 61.1 Å². The highest BCUT2D eigenvalue weighted by atomic mass is 35.5. The van der Waals surface area contributed by atoms with Crippen LogP contribution in [0, 0.1) is 0 Å². The molecule has 0 aliphatic carbocycles. The number of nitrogens with zero attached hydrogens (tertiary/aromatic N) is 9. The maximum absolute atomic E-state index is 13.4. The van der Waals surface area contributed by atoms with Crippen molar-refractivity contribution in [1.82, 2.24) is 39.9 Å². The molecule has 0 radical (unpaired) electrons. The Morgan fingerprint density at radius 3 is 1.74 bits per heavy atom. The van der Waals surface area contributed by atoms with Crippen molar-refractivity contribution in [2.24, 2.45) is 0 Å². The van der Waals surface area contributed by atoms with Crippen molar-refractivity contribution in [1.29, 1.82) is 0 Å². The molecule has 0 aliphatic rings. The standard InChI is InChI=1S/C37H31Cl2N13O4S/c1-20(53)42-21-10-12-25(38)23(18-21)32(55)48-34-44-30(27-8-4-6-15-40-27)46-36(50-34)52(2)17-14-29(54)43-22-11-13-26(39)24(19-22)33(56)49-35-45-31(47-37(51-35)57-3)28-9-5-7-16-41-28/h4-13,15-16,18-19H,14,17H2,1-3H3,(H,42,53)(H,43,54)(H,44,46,48,50,55)(H,45,47,49,51,56). The molecule has 6 aromatic rings. The molecule has 288 valence electrons. The molecule has 2 aromatic carbocycles. The summed E-state index contributed by atoms with van der Waals surface area (Å²) in [6, 6.07) is 19.4. The molecule has 4 N–H and O–H groups in total. The Morgan fingerprint density at radius 2 is 1.21 bits per heavy atom. The van der Waals surface area contributed by atoms with Gasteiger partial charge in [0.1, 0.15) is 11.4 Å². The lowest BCUT2D eigenvalue weighted by molar-refractivity contribution is -0.116. The van der Waals surface area contributed by atoms with Crippen molar-refractivity contribution in [3.8, 4) is 23.0 Å².